The molecule has 21 heavy (non-hydrogen) atoms. The van der Waals surface area contributed by atoms with Gasteiger partial charge in [0.1, 0.15) is 0 Å². The first-order valence-electron chi connectivity index (χ1n) is 7.18. The summed E-state index contributed by atoms with van der Waals surface area (Å²) in [5.41, 5.74) is 1.12. The smallest absolute Gasteiger partial charge is 0.213 e. The van der Waals surface area contributed by atoms with E-state index in [2.05, 4.69) is 40.6 Å². The van der Waals surface area contributed by atoms with Gasteiger partial charge in [0.05, 0.1) is 19.1 Å². The van der Waals surface area contributed by atoms with Crippen molar-refractivity contribution < 1.29 is 4.74 Å². The molecule has 2 aromatic heterocycles. The van der Waals surface area contributed by atoms with Crippen LogP contribution in [-0.4, -0.2) is 27.7 Å². The van der Waals surface area contributed by atoms with E-state index in [0.29, 0.717) is 18.5 Å². The van der Waals surface area contributed by atoms with Crippen LogP contribution in [0.1, 0.15) is 26.5 Å². The van der Waals surface area contributed by atoms with Gasteiger partial charge in [-0.15, -0.1) is 0 Å². The van der Waals surface area contributed by atoms with Crippen LogP contribution in [0.15, 0.2) is 36.9 Å². The van der Waals surface area contributed by atoms with Crippen molar-refractivity contribution in [1.82, 2.24) is 19.9 Å². The Hall–Kier alpha value is -1.88. The Kier molecular flexibility index (Phi) is 4.96. The molecule has 2 heterocycles. The van der Waals surface area contributed by atoms with E-state index in [1.165, 1.54) is 0 Å². The van der Waals surface area contributed by atoms with Gasteiger partial charge >= 0.3 is 0 Å². The highest BCUT2D eigenvalue weighted by atomic mass is 16.5. The number of nitrogens with zero attached hydrogens (tertiary/aromatic N) is 3. The van der Waals surface area contributed by atoms with Crippen LogP contribution in [0.3, 0.4) is 0 Å². The van der Waals surface area contributed by atoms with E-state index in [0.717, 1.165) is 12.2 Å². The van der Waals surface area contributed by atoms with E-state index in [1.807, 2.05) is 36.9 Å². The third-order valence-electron chi connectivity index (χ3n) is 3.52. The van der Waals surface area contributed by atoms with Crippen molar-refractivity contribution in [2.45, 2.75) is 39.9 Å². The third-order valence-corrected chi connectivity index (χ3v) is 3.52. The Labute approximate surface area is 126 Å². The van der Waals surface area contributed by atoms with Crippen LogP contribution in [-0.2, 0) is 13.1 Å². The fraction of sp³-hybridized carbons (Fsp3) is 0.500. The molecule has 114 valence electrons. The van der Waals surface area contributed by atoms with Crippen LogP contribution in [0.5, 0.6) is 5.88 Å². The highest BCUT2D eigenvalue weighted by Gasteiger charge is 2.24. The Bertz CT molecular complexity index is 546. The molecule has 2 aromatic rings. The fourth-order valence-electron chi connectivity index (χ4n) is 2.15. The van der Waals surface area contributed by atoms with E-state index >= 15 is 0 Å². The Morgan fingerprint density at radius 2 is 2.14 bits per heavy atom. The van der Waals surface area contributed by atoms with E-state index < -0.39 is 0 Å². The zero-order valence-electron chi connectivity index (χ0n) is 13.2. The van der Waals surface area contributed by atoms with Crippen LogP contribution in [0, 0.1) is 5.41 Å². The first-order valence-corrected chi connectivity index (χ1v) is 7.18. The van der Waals surface area contributed by atoms with Crippen LogP contribution in [0.2, 0.25) is 0 Å². The molecule has 5 heteroatoms. The second-order valence-electron chi connectivity index (χ2n) is 6.23. The highest BCUT2D eigenvalue weighted by Crippen LogP contribution is 2.21. The number of aromatic nitrogens is 3. The zero-order valence-corrected chi connectivity index (χ0v) is 13.2. The molecular formula is C16H24N4O. The molecule has 1 atom stereocenters. The largest absolute Gasteiger partial charge is 0.481 e. The minimum Gasteiger partial charge on any atom is -0.481 e. The molecule has 2 rings (SSSR count). The molecule has 0 aromatic carbocycles. The molecule has 0 amide bonds. The van der Waals surface area contributed by atoms with Crippen molar-refractivity contribution in [2.24, 2.45) is 5.41 Å². The lowest BCUT2D eigenvalue weighted by Crippen LogP contribution is -2.43. The quantitative estimate of drug-likeness (QED) is 0.887. The number of rotatable bonds is 6. The average Bonchev–Trinajstić information content (AvgIpc) is 2.95. The summed E-state index contributed by atoms with van der Waals surface area (Å²) in [6, 6.07) is 6.15. The molecule has 0 fully saturated rings. The standard InChI is InChI=1S/C16H24N4O/c1-16(2,3)14(11-20-9-8-17-12-20)18-10-13-6-5-7-15(19-13)21-4/h5-9,12,14,18H,10-11H2,1-4H3. The maximum absolute atomic E-state index is 5.16. The van der Waals surface area contributed by atoms with Crippen molar-refractivity contribution in [3.05, 3.63) is 42.6 Å². The number of hydrogen-bond donors (Lipinski definition) is 1. The second kappa shape index (κ2) is 6.72. The van der Waals surface area contributed by atoms with Gasteiger partial charge in [0.15, 0.2) is 0 Å². The Morgan fingerprint density at radius 3 is 2.76 bits per heavy atom. The van der Waals surface area contributed by atoms with Gasteiger partial charge in [0.2, 0.25) is 5.88 Å². The highest BCUT2D eigenvalue weighted by molar-refractivity contribution is 5.15. The summed E-state index contributed by atoms with van der Waals surface area (Å²) in [4.78, 5) is 8.54. The lowest BCUT2D eigenvalue weighted by atomic mass is 9.86. The Morgan fingerprint density at radius 1 is 1.33 bits per heavy atom. The normalized spacial score (nSPS) is 13.1. The number of pyridine rings is 1. The van der Waals surface area contributed by atoms with Crippen LogP contribution in [0.25, 0.3) is 0 Å². The number of ether oxygens (including phenoxy) is 1. The molecule has 0 spiro atoms. The first kappa shape index (κ1) is 15.5. The number of hydrogen-bond acceptors (Lipinski definition) is 4. The van der Waals surface area contributed by atoms with E-state index in [4.69, 9.17) is 4.74 Å². The molecular weight excluding hydrogens is 264 g/mol. The van der Waals surface area contributed by atoms with Gasteiger partial charge in [-0.2, -0.15) is 0 Å². The molecule has 0 bridgehead atoms. The SMILES string of the molecule is COc1cccc(CNC(Cn2ccnc2)C(C)(C)C)n1. The summed E-state index contributed by atoms with van der Waals surface area (Å²) in [7, 11) is 1.64. The van der Waals surface area contributed by atoms with Crippen molar-refractivity contribution in [1.29, 1.82) is 0 Å². The van der Waals surface area contributed by atoms with Gasteiger partial charge in [-0.05, 0) is 11.5 Å². The summed E-state index contributed by atoms with van der Waals surface area (Å²) in [5, 5.41) is 3.60. The predicted octanol–water partition coefficient (Wildman–Crippen LogP) is 2.49. The van der Waals surface area contributed by atoms with Crippen molar-refractivity contribution in [2.75, 3.05) is 7.11 Å². The van der Waals surface area contributed by atoms with Crippen LogP contribution in [0.4, 0.5) is 0 Å². The first-order chi connectivity index (χ1) is 9.99. The lowest BCUT2D eigenvalue weighted by Gasteiger charge is -2.32. The van der Waals surface area contributed by atoms with E-state index in [9.17, 15) is 0 Å². The summed E-state index contributed by atoms with van der Waals surface area (Å²) < 4.78 is 7.26. The average molecular weight is 288 g/mol. The molecule has 0 saturated heterocycles. The molecule has 0 aliphatic rings. The van der Waals surface area contributed by atoms with Crippen molar-refractivity contribution in [3.8, 4) is 5.88 Å². The van der Waals surface area contributed by atoms with Crippen molar-refractivity contribution >= 4 is 0 Å². The summed E-state index contributed by atoms with van der Waals surface area (Å²) >= 11 is 0. The number of nitrogens with one attached hydrogen (secondary N) is 1. The van der Waals surface area contributed by atoms with E-state index in [-0.39, 0.29) is 5.41 Å². The lowest BCUT2D eigenvalue weighted by molar-refractivity contribution is 0.239. The van der Waals surface area contributed by atoms with Gasteiger partial charge in [0, 0.05) is 37.6 Å². The van der Waals surface area contributed by atoms with Gasteiger partial charge in [-0.1, -0.05) is 26.8 Å². The monoisotopic (exact) mass is 288 g/mol. The zero-order chi connectivity index (χ0) is 15.3. The van der Waals surface area contributed by atoms with Gasteiger partial charge in [0.25, 0.3) is 0 Å². The van der Waals surface area contributed by atoms with Crippen LogP contribution < -0.4 is 10.1 Å². The maximum atomic E-state index is 5.16. The summed E-state index contributed by atoms with van der Waals surface area (Å²) in [6.45, 7) is 8.31. The van der Waals surface area contributed by atoms with E-state index in [1.54, 1.807) is 7.11 Å². The second-order valence-corrected chi connectivity index (χ2v) is 6.23. The van der Waals surface area contributed by atoms with Gasteiger partial charge in [-0.25, -0.2) is 9.97 Å². The minimum absolute atomic E-state index is 0.142. The predicted molar refractivity (Wildman–Crippen MR) is 83.1 cm³/mol. The molecule has 0 radical (unpaired) electrons. The maximum Gasteiger partial charge on any atom is 0.213 e. The molecule has 0 aliphatic carbocycles. The molecule has 1 unspecified atom stereocenters. The summed E-state index contributed by atoms with van der Waals surface area (Å²) in [6.07, 6.45) is 5.65. The fourth-order valence-corrected chi connectivity index (χ4v) is 2.15. The molecule has 5 nitrogen and oxygen atoms in total. The molecule has 0 saturated carbocycles. The third kappa shape index (κ3) is 4.56. The Balaban J connectivity index is 2.01. The number of imidazole rings is 1. The van der Waals surface area contributed by atoms with Gasteiger partial charge in [-0.3, -0.25) is 0 Å². The summed E-state index contributed by atoms with van der Waals surface area (Å²) in [5.74, 6) is 0.649. The van der Waals surface area contributed by atoms with Gasteiger partial charge < -0.3 is 14.6 Å². The number of methoxy groups -OCH3 is 1. The molecule has 1 N–H and O–H groups in total. The molecule has 0 aliphatic heterocycles. The van der Waals surface area contributed by atoms with Crippen LogP contribution >= 0.6 is 0 Å². The van der Waals surface area contributed by atoms with Crippen molar-refractivity contribution in [3.63, 3.8) is 0 Å². The minimum atomic E-state index is 0.142. The topological polar surface area (TPSA) is 52.0 Å².